The zero-order valence-electron chi connectivity index (χ0n) is 8.19. The highest BCUT2D eigenvalue weighted by atomic mass is 19.2. The lowest BCUT2D eigenvalue weighted by atomic mass is 10.2. The van der Waals surface area contributed by atoms with E-state index < -0.39 is 11.6 Å². The van der Waals surface area contributed by atoms with Crippen molar-refractivity contribution in [1.29, 1.82) is 0 Å². The van der Waals surface area contributed by atoms with Crippen LogP contribution in [0.4, 0.5) is 8.78 Å². The van der Waals surface area contributed by atoms with Crippen LogP contribution in [0.3, 0.4) is 0 Å². The molecule has 0 fully saturated rings. The summed E-state index contributed by atoms with van der Waals surface area (Å²) < 4.78 is 25.6. The first-order chi connectivity index (χ1) is 7.70. The highest BCUT2D eigenvalue weighted by Crippen LogP contribution is 2.17. The Bertz CT molecular complexity index is 500. The molecule has 0 saturated carbocycles. The van der Waals surface area contributed by atoms with Crippen molar-refractivity contribution in [3.8, 4) is 11.4 Å². The van der Waals surface area contributed by atoms with Crippen LogP contribution in [0.5, 0.6) is 0 Å². The quantitative estimate of drug-likeness (QED) is 0.844. The minimum Gasteiger partial charge on any atom is -0.392 e. The van der Waals surface area contributed by atoms with Gasteiger partial charge >= 0.3 is 0 Å². The number of benzene rings is 1. The summed E-state index contributed by atoms with van der Waals surface area (Å²) >= 11 is 0. The molecule has 0 saturated heterocycles. The van der Waals surface area contributed by atoms with E-state index >= 15 is 0 Å². The third-order valence-corrected chi connectivity index (χ3v) is 2.07. The molecule has 1 N–H and O–H groups in total. The number of halogens is 2. The van der Waals surface area contributed by atoms with Crippen LogP contribution in [0, 0.1) is 11.6 Å². The number of aliphatic hydroxyl groups is 1. The van der Waals surface area contributed by atoms with Gasteiger partial charge in [0.05, 0.1) is 6.61 Å². The predicted molar refractivity (Wildman–Crippen MR) is 53.3 cm³/mol. The number of nitrogens with zero attached hydrogens (tertiary/aromatic N) is 2. The molecule has 2 rings (SSSR count). The molecule has 16 heavy (non-hydrogen) atoms. The Hall–Kier alpha value is -1.88. The molecule has 1 aromatic carbocycles. The van der Waals surface area contributed by atoms with Crippen LogP contribution in [0.1, 0.15) is 5.56 Å². The van der Waals surface area contributed by atoms with E-state index in [1.807, 2.05) is 0 Å². The third kappa shape index (κ3) is 2.04. The summed E-state index contributed by atoms with van der Waals surface area (Å²) in [5.41, 5.74) is 0.953. The van der Waals surface area contributed by atoms with Crippen molar-refractivity contribution in [2.45, 2.75) is 6.61 Å². The van der Waals surface area contributed by atoms with Crippen LogP contribution in [0.15, 0.2) is 30.6 Å². The van der Waals surface area contributed by atoms with Gasteiger partial charge in [0.1, 0.15) is 0 Å². The standard InChI is InChI=1S/C11H8F2N2O/c12-9-2-1-8(3-10(9)13)11-14-4-7(6-16)5-15-11/h1-5,16H,6H2. The van der Waals surface area contributed by atoms with Gasteiger partial charge < -0.3 is 5.11 Å². The summed E-state index contributed by atoms with van der Waals surface area (Å²) in [5, 5.41) is 8.79. The fourth-order valence-electron chi connectivity index (χ4n) is 1.22. The first-order valence-electron chi connectivity index (χ1n) is 4.58. The van der Waals surface area contributed by atoms with Gasteiger partial charge in [0.15, 0.2) is 17.5 Å². The Morgan fingerprint density at radius 3 is 2.31 bits per heavy atom. The van der Waals surface area contributed by atoms with E-state index in [4.69, 9.17) is 5.11 Å². The Morgan fingerprint density at radius 1 is 1.06 bits per heavy atom. The monoisotopic (exact) mass is 222 g/mol. The maximum atomic E-state index is 12.9. The molecule has 2 aromatic rings. The van der Waals surface area contributed by atoms with E-state index in [1.165, 1.54) is 18.5 Å². The van der Waals surface area contributed by atoms with Crippen molar-refractivity contribution in [2.75, 3.05) is 0 Å². The Labute approximate surface area is 90.4 Å². The predicted octanol–water partition coefficient (Wildman–Crippen LogP) is 1.91. The lowest BCUT2D eigenvalue weighted by Crippen LogP contribution is -1.93. The molecule has 0 aliphatic heterocycles. The van der Waals surface area contributed by atoms with E-state index in [9.17, 15) is 8.78 Å². The smallest absolute Gasteiger partial charge is 0.159 e. The minimum atomic E-state index is -0.938. The lowest BCUT2D eigenvalue weighted by Gasteiger charge is -2.01. The topological polar surface area (TPSA) is 46.0 Å². The van der Waals surface area contributed by atoms with Crippen molar-refractivity contribution < 1.29 is 13.9 Å². The summed E-state index contributed by atoms with van der Waals surface area (Å²) in [6.45, 7) is -0.155. The second-order valence-electron chi connectivity index (χ2n) is 3.20. The van der Waals surface area contributed by atoms with Crippen LogP contribution in [-0.4, -0.2) is 15.1 Å². The Morgan fingerprint density at radius 2 is 1.75 bits per heavy atom. The van der Waals surface area contributed by atoms with Crippen LogP contribution < -0.4 is 0 Å². The summed E-state index contributed by atoms with van der Waals surface area (Å²) in [5.74, 6) is -1.56. The van der Waals surface area contributed by atoms with Crippen LogP contribution >= 0.6 is 0 Å². The lowest BCUT2D eigenvalue weighted by molar-refractivity contribution is 0.281. The van der Waals surface area contributed by atoms with Gasteiger partial charge in [-0.15, -0.1) is 0 Å². The number of hydrogen-bond acceptors (Lipinski definition) is 3. The van der Waals surface area contributed by atoms with Crippen molar-refractivity contribution >= 4 is 0 Å². The van der Waals surface area contributed by atoms with E-state index in [1.54, 1.807) is 0 Å². The van der Waals surface area contributed by atoms with Gasteiger partial charge in [0.25, 0.3) is 0 Å². The van der Waals surface area contributed by atoms with Gasteiger partial charge in [-0.25, -0.2) is 18.7 Å². The summed E-state index contributed by atoms with van der Waals surface area (Å²) in [7, 11) is 0. The second-order valence-corrected chi connectivity index (χ2v) is 3.20. The molecule has 0 atom stereocenters. The van der Waals surface area contributed by atoms with Crippen molar-refractivity contribution in [3.05, 3.63) is 47.8 Å². The molecule has 82 valence electrons. The SMILES string of the molecule is OCc1cnc(-c2ccc(F)c(F)c2)nc1. The van der Waals surface area contributed by atoms with Crippen molar-refractivity contribution in [2.24, 2.45) is 0 Å². The number of hydrogen-bond donors (Lipinski definition) is 1. The summed E-state index contributed by atoms with van der Waals surface area (Å²) in [6.07, 6.45) is 2.87. The molecule has 0 spiro atoms. The van der Waals surface area contributed by atoms with Gasteiger partial charge in [-0.3, -0.25) is 0 Å². The second kappa shape index (κ2) is 4.32. The molecule has 0 unspecified atom stereocenters. The molecular weight excluding hydrogens is 214 g/mol. The maximum absolute atomic E-state index is 12.9. The molecule has 0 amide bonds. The van der Waals surface area contributed by atoms with Gasteiger partial charge in [-0.1, -0.05) is 0 Å². The van der Waals surface area contributed by atoms with Crippen LogP contribution in [0.2, 0.25) is 0 Å². The third-order valence-electron chi connectivity index (χ3n) is 2.07. The molecule has 0 bridgehead atoms. The normalized spacial score (nSPS) is 10.4. The molecule has 0 aliphatic rings. The molecule has 5 heteroatoms. The average molecular weight is 222 g/mol. The first kappa shape index (κ1) is 10.6. The van der Waals surface area contributed by atoms with Crippen LogP contribution in [0.25, 0.3) is 11.4 Å². The minimum absolute atomic E-state index is 0.155. The molecule has 1 heterocycles. The molecular formula is C11H8F2N2O. The van der Waals surface area contributed by atoms with Gasteiger partial charge in [-0.05, 0) is 18.2 Å². The Kier molecular flexibility index (Phi) is 2.87. The highest BCUT2D eigenvalue weighted by Gasteiger charge is 2.06. The Balaban J connectivity index is 2.38. The van der Waals surface area contributed by atoms with Gasteiger partial charge in [0, 0.05) is 23.5 Å². The maximum Gasteiger partial charge on any atom is 0.159 e. The van der Waals surface area contributed by atoms with Gasteiger partial charge in [0.2, 0.25) is 0 Å². The van der Waals surface area contributed by atoms with Gasteiger partial charge in [-0.2, -0.15) is 0 Å². The molecule has 0 radical (unpaired) electrons. The first-order valence-corrected chi connectivity index (χ1v) is 4.58. The van der Waals surface area contributed by atoms with Crippen molar-refractivity contribution in [3.63, 3.8) is 0 Å². The zero-order valence-corrected chi connectivity index (χ0v) is 8.19. The number of aliphatic hydroxyl groups excluding tert-OH is 1. The van der Waals surface area contributed by atoms with E-state index in [2.05, 4.69) is 9.97 Å². The highest BCUT2D eigenvalue weighted by molar-refractivity contribution is 5.54. The molecule has 3 nitrogen and oxygen atoms in total. The number of aromatic nitrogens is 2. The molecule has 1 aromatic heterocycles. The zero-order chi connectivity index (χ0) is 11.5. The van der Waals surface area contributed by atoms with Crippen molar-refractivity contribution in [1.82, 2.24) is 9.97 Å². The summed E-state index contributed by atoms with van der Waals surface area (Å²) in [4.78, 5) is 7.86. The van der Waals surface area contributed by atoms with Crippen LogP contribution in [-0.2, 0) is 6.61 Å². The van der Waals surface area contributed by atoms with E-state index in [-0.39, 0.29) is 12.4 Å². The summed E-state index contributed by atoms with van der Waals surface area (Å²) in [6, 6.07) is 3.45. The van der Waals surface area contributed by atoms with E-state index in [0.717, 1.165) is 12.1 Å². The number of rotatable bonds is 2. The average Bonchev–Trinajstić information content (AvgIpc) is 2.33. The largest absolute Gasteiger partial charge is 0.392 e. The molecule has 0 aliphatic carbocycles. The fraction of sp³-hybridized carbons (Fsp3) is 0.0909. The fourth-order valence-corrected chi connectivity index (χ4v) is 1.22. The van der Waals surface area contributed by atoms with E-state index in [0.29, 0.717) is 11.1 Å².